The van der Waals surface area contributed by atoms with E-state index in [1.807, 2.05) is 24.3 Å². The molecule has 1 amide bonds. The molecule has 1 N–H and O–H groups in total. The monoisotopic (exact) mass is 331 g/mol. The Morgan fingerprint density at radius 1 is 1.17 bits per heavy atom. The molecule has 0 aliphatic rings. The van der Waals surface area contributed by atoms with E-state index in [9.17, 15) is 13.6 Å². The molecule has 4 nitrogen and oxygen atoms in total. The molecular weight excluding hydrogens is 320 g/mol. The second-order valence-corrected chi connectivity index (χ2v) is 5.61. The van der Waals surface area contributed by atoms with Gasteiger partial charge in [-0.15, -0.1) is 0 Å². The number of benzene rings is 2. The van der Waals surface area contributed by atoms with Crippen molar-refractivity contribution in [2.24, 2.45) is 0 Å². The molecule has 0 spiro atoms. The number of aromatic nitrogens is 2. The first-order valence-electron chi connectivity index (χ1n) is 6.71. The summed E-state index contributed by atoms with van der Waals surface area (Å²) in [6.07, 6.45) is 1.68. The van der Waals surface area contributed by atoms with Crippen LogP contribution in [-0.4, -0.2) is 21.6 Å². The fraction of sp³-hybridized carbons (Fsp3) is 0.0625. The van der Waals surface area contributed by atoms with Crippen molar-refractivity contribution >= 4 is 34.3 Å². The summed E-state index contributed by atoms with van der Waals surface area (Å²) in [6.45, 7) is 0. The number of carbonyl (C=O) groups is 1. The number of rotatable bonds is 4. The van der Waals surface area contributed by atoms with Crippen molar-refractivity contribution in [3.05, 3.63) is 60.3 Å². The van der Waals surface area contributed by atoms with Crippen LogP contribution in [0.2, 0.25) is 0 Å². The molecule has 0 saturated heterocycles. The van der Waals surface area contributed by atoms with Gasteiger partial charge in [-0.2, -0.15) is 0 Å². The Kier molecular flexibility index (Phi) is 4.47. The summed E-state index contributed by atoms with van der Waals surface area (Å²) >= 11 is 1.14. The van der Waals surface area contributed by atoms with E-state index >= 15 is 0 Å². The predicted molar refractivity (Wildman–Crippen MR) is 85.2 cm³/mol. The SMILES string of the molecule is O=C(CSc1ncc2ccccc2n1)Nc1ccc(F)cc1F. The third-order valence-corrected chi connectivity index (χ3v) is 3.87. The van der Waals surface area contributed by atoms with Crippen molar-refractivity contribution in [3.63, 3.8) is 0 Å². The standard InChI is InChI=1S/C16H11F2N3OS/c17-11-5-6-14(12(18)7-11)20-15(22)9-23-16-19-8-10-3-1-2-4-13(10)21-16/h1-8H,9H2,(H,20,22). The molecular formula is C16H11F2N3OS. The summed E-state index contributed by atoms with van der Waals surface area (Å²) in [4.78, 5) is 20.3. The van der Waals surface area contributed by atoms with Crippen LogP contribution in [0.15, 0.2) is 53.8 Å². The van der Waals surface area contributed by atoms with Gasteiger partial charge in [0.2, 0.25) is 5.91 Å². The first-order chi connectivity index (χ1) is 11.1. The summed E-state index contributed by atoms with van der Waals surface area (Å²) in [7, 11) is 0. The maximum absolute atomic E-state index is 13.5. The molecule has 3 rings (SSSR count). The van der Waals surface area contributed by atoms with Crippen molar-refractivity contribution in [1.82, 2.24) is 9.97 Å². The number of carbonyl (C=O) groups excluding carboxylic acids is 1. The third kappa shape index (κ3) is 3.81. The maximum Gasteiger partial charge on any atom is 0.234 e. The first kappa shape index (κ1) is 15.4. The van der Waals surface area contributed by atoms with E-state index in [1.54, 1.807) is 6.20 Å². The lowest BCUT2D eigenvalue weighted by atomic mass is 10.2. The van der Waals surface area contributed by atoms with Gasteiger partial charge in [-0.3, -0.25) is 4.79 Å². The molecule has 0 atom stereocenters. The van der Waals surface area contributed by atoms with Gasteiger partial charge >= 0.3 is 0 Å². The highest BCUT2D eigenvalue weighted by molar-refractivity contribution is 7.99. The first-order valence-corrected chi connectivity index (χ1v) is 7.70. The van der Waals surface area contributed by atoms with E-state index in [-0.39, 0.29) is 11.4 Å². The minimum Gasteiger partial charge on any atom is -0.323 e. The Morgan fingerprint density at radius 2 is 2.00 bits per heavy atom. The highest BCUT2D eigenvalue weighted by atomic mass is 32.2. The minimum absolute atomic E-state index is 0.0230. The number of anilines is 1. The average Bonchev–Trinajstić information content (AvgIpc) is 2.55. The molecule has 1 aromatic heterocycles. The maximum atomic E-state index is 13.5. The van der Waals surface area contributed by atoms with Crippen molar-refractivity contribution in [2.75, 3.05) is 11.1 Å². The van der Waals surface area contributed by atoms with Crippen molar-refractivity contribution in [1.29, 1.82) is 0 Å². The molecule has 0 aliphatic heterocycles. The quantitative estimate of drug-likeness (QED) is 0.586. The third-order valence-electron chi connectivity index (χ3n) is 3.00. The van der Waals surface area contributed by atoms with Crippen LogP contribution in [0.3, 0.4) is 0 Å². The zero-order valence-electron chi connectivity index (χ0n) is 11.8. The van der Waals surface area contributed by atoms with E-state index in [0.29, 0.717) is 5.16 Å². The number of para-hydroxylation sites is 1. The van der Waals surface area contributed by atoms with Crippen LogP contribution in [0.4, 0.5) is 14.5 Å². The average molecular weight is 331 g/mol. The second kappa shape index (κ2) is 6.70. The molecule has 3 aromatic rings. The number of nitrogens with zero attached hydrogens (tertiary/aromatic N) is 2. The Labute approximate surface area is 135 Å². The molecule has 0 radical (unpaired) electrons. The van der Waals surface area contributed by atoms with E-state index in [1.165, 1.54) is 6.07 Å². The highest BCUT2D eigenvalue weighted by Crippen LogP contribution is 2.19. The van der Waals surface area contributed by atoms with Gasteiger partial charge in [0.05, 0.1) is 17.0 Å². The van der Waals surface area contributed by atoms with E-state index in [4.69, 9.17) is 0 Å². The molecule has 7 heteroatoms. The van der Waals surface area contributed by atoms with Crippen LogP contribution in [-0.2, 0) is 4.79 Å². The van der Waals surface area contributed by atoms with E-state index < -0.39 is 17.5 Å². The highest BCUT2D eigenvalue weighted by Gasteiger charge is 2.09. The molecule has 0 bridgehead atoms. The normalized spacial score (nSPS) is 10.7. The van der Waals surface area contributed by atoms with Gasteiger partial charge in [0, 0.05) is 17.6 Å². The summed E-state index contributed by atoms with van der Waals surface area (Å²) in [5.41, 5.74) is 0.728. The van der Waals surface area contributed by atoms with Crippen LogP contribution in [0.25, 0.3) is 10.9 Å². The fourth-order valence-corrected chi connectivity index (χ4v) is 2.55. The largest absolute Gasteiger partial charge is 0.323 e. The fourth-order valence-electron chi connectivity index (χ4n) is 1.93. The van der Waals surface area contributed by atoms with Gasteiger partial charge in [0.15, 0.2) is 5.16 Å². The lowest BCUT2D eigenvalue weighted by Crippen LogP contribution is -2.15. The van der Waals surface area contributed by atoms with Crippen LogP contribution in [0.5, 0.6) is 0 Å². The summed E-state index contributed by atoms with van der Waals surface area (Å²) in [5, 5.41) is 3.76. The molecule has 2 aromatic carbocycles. The number of nitrogens with one attached hydrogen (secondary N) is 1. The number of halogens is 2. The Bertz CT molecular complexity index is 873. The van der Waals surface area contributed by atoms with Crippen LogP contribution in [0, 0.1) is 11.6 Å². The lowest BCUT2D eigenvalue weighted by molar-refractivity contribution is -0.113. The Balaban J connectivity index is 1.63. The van der Waals surface area contributed by atoms with Crippen LogP contribution in [0.1, 0.15) is 0 Å². The molecule has 23 heavy (non-hydrogen) atoms. The molecule has 0 unspecified atom stereocenters. The van der Waals surface area contributed by atoms with Crippen LogP contribution >= 0.6 is 11.8 Å². The smallest absolute Gasteiger partial charge is 0.234 e. The van der Waals surface area contributed by atoms with Gasteiger partial charge in [0.25, 0.3) is 0 Å². The van der Waals surface area contributed by atoms with Crippen molar-refractivity contribution in [3.8, 4) is 0 Å². The summed E-state index contributed by atoms with van der Waals surface area (Å²) in [6, 6.07) is 10.5. The molecule has 0 saturated carbocycles. The van der Waals surface area contributed by atoms with Crippen molar-refractivity contribution < 1.29 is 13.6 Å². The van der Waals surface area contributed by atoms with Gasteiger partial charge in [0.1, 0.15) is 11.6 Å². The van der Waals surface area contributed by atoms with Gasteiger partial charge in [-0.25, -0.2) is 18.7 Å². The Hall–Kier alpha value is -2.54. The van der Waals surface area contributed by atoms with Gasteiger partial charge in [-0.1, -0.05) is 30.0 Å². The van der Waals surface area contributed by atoms with E-state index in [2.05, 4.69) is 15.3 Å². The number of amides is 1. The number of hydrogen-bond acceptors (Lipinski definition) is 4. The zero-order chi connectivity index (χ0) is 16.2. The lowest BCUT2D eigenvalue weighted by Gasteiger charge is -2.06. The van der Waals surface area contributed by atoms with Gasteiger partial charge < -0.3 is 5.32 Å². The molecule has 0 aliphatic carbocycles. The molecule has 116 valence electrons. The number of hydrogen-bond donors (Lipinski definition) is 1. The van der Waals surface area contributed by atoms with E-state index in [0.717, 1.165) is 34.8 Å². The molecule has 0 fully saturated rings. The Morgan fingerprint density at radius 3 is 2.83 bits per heavy atom. The van der Waals surface area contributed by atoms with Crippen LogP contribution < -0.4 is 5.32 Å². The minimum atomic E-state index is -0.815. The van der Waals surface area contributed by atoms with Crippen molar-refractivity contribution in [2.45, 2.75) is 5.16 Å². The number of thioether (sulfide) groups is 1. The summed E-state index contributed by atoms with van der Waals surface area (Å²) in [5.74, 6) is -1.91. The summed E-state index contributed by atoms with van der Waals surface area (Å²) < 4.78 is 26.3. The number of fused-ring (bicyclic) bond motifs is 1. The zero-order valence-corrected chi connectivity index (χ0v) is 12.6. The van der Waals surface area contributed by atoms with Gasteiger partial charge in [-0.05, 0) is 18.2 Å². The molecule has 1 heterocycles. The second-order valence-electron chi connectivity index (χ2n) is 4.67. The predicted octanol–water partition coefficient (Wildman–Crippen LogP) is 3.64. The topological polar surface area (TPSA) is 54.9 Å².